The molecule has 1 aliphatic rings. The van der Waals surface area contributed by atoms with Crippen molar-refractivity contribution in [3.8, 4) is 0 Å². The second kappa shape index (κ2) is 9.48. The van der Waals surface area contributed by atoms with Crippen molar-refractivity contribution >= 4 is 23.4 Å². The molecule has 1 N–H and O–H groups in total. The topological polar surface area (TPSA) is 40.5 Å². The van der Waals surface area contributed by atoms with Gasteiger partial charge in [-0.15, -0.1) is 11.8 Å². The Hall–Kier alpha value is -2.98. The summed E-state index contributed by atoms with van der Waals surface area (Å²) in [6.07, 6.45) is -12.0. The van der Waals surface area contributed by atoms with E-state index >= 15 is 0 Å². The summed E-state index contributed by atoms with van der Waals surface area (Å²) in [5.74, 6) is -0.786. The van der Waals surface area contributed by atoms with Gasteiger partial charge in [0.1, 0.15) is 0 Å². The van der Waals surface area contributed by atoms with Crippen LogP contribution in [0.15, 0.2) is 83.8 Å². The van der Waals surface area contributed by atoms with E-state index in [1.807, 2.05) is 12.1 Å². The van der Waals surface area contributed by atoms with E-state index in [0.29, 0.717) is 17.7 Å². The summed E-state index contributed by atoms with van der Waals surface area (Å²) in [7, 11) is 0. The van der Waals surface area contributed by atoms with Gasteiger partial charge in [0, 0.05) is 16.2 Å². The molecule has 0 bridgehead atoms. The van der Waals surface area contributed by atoms with Gasteiger partial charge in [0.25, 0.3) is 5.60 Å². The number of thioether (sulfide) groups is 1. The number of anilines is 1. The molecule has 0 spiro atoms. The molecule has 1 heterocycles. The Labute approximate surface area is 207 Å². The number of benzene rings is 3. The van der Waals surface area contributed by atoms with Crippen LogP contribution in [-0.2, 0) is 10.4 Å². The number of amides is 1. The molecule has 1 aliphatic heterocycles. The lowest BCUT2D eigenvalue weighted by Gasteiger charge is -2.40. The van der Waals surface area contributed by atoms with Crippen molar-refractivity contribution in [1.29, 1.82) is 0 Å². The predicted molar refractivity (Wildman–Crippen MR) is 125 cm³/mol. The number of hydrogen-bond donors (Lipinski definition) is 1. The summed E-state index contributed by atoms with van der Waals surface area (Å²) in [6.45, 7) is 1.70. The van der Waals surface area contributed by atoms with Crippen molar-refractivity contribution in [3.63, 3.8) is 0 Å². The number of carbonyl (C=O) groups excluding carboxylic acids is 1. The fourth-order valence-electron chi connectivity index (χ4n) is 4.24. The van der Waals surface area contributed by atoms with Crippen LogP contribution in [0.1, 0.15) is 35.6 Å². The first kappa shape index (κ1) is 26.1. The summed E-state index contributed by atoms with van der Waals surface area (Å²) in [5.41, 5.74) is -4.72. The minimum Gasteiger partial charge on any atom is -0.369 e. The van der Waals surface area contributed by atoms with Crippen LogP contribution in [0.3, 0.4) is 0 Å². The van der Waals surface area contributed by atoms with Crippen LogP contribution in [0, 0.1) is 0 Å². The van der Waals surface area contributed by atoms with E-state index in [1.165, 1.54) is 4.90 Å². The Morgan fingerprint density at radius 3 is 2.03 bits per heavy atom. The minimum absolute atomic E-state index is 0.0419. The Morgan fingerprint density at radius 1 is 0.917 bits per heavy atom. The van der Waals surface area contributed by atoms with Gasteiger partial charge in [0.05, 0.1) is 17.6 Å². The number of alkyl halides is 6. The van der Waals surface area contributed by atoms with Crippen LogP contribution in [0.4, 0.5) is 32.0 Å². The fraction of sp³-hybridized carbons (Fsp3) is 0.269. The van der Waals surface area contributed by atoms with Crippen LogP contribution in [-0.4, -0.2) is 29.1 Å². The van der Waals surface area contributed by atoms with Gasteiger partial charge in [-0.25, -0.2) is 0 Å². The number of halogens is 6. The lowest BCUT2D eigenvalue weighted by atomic mass is 9.91. The Balaban J connectivity index is 1.83. The molecule has 3 aromatic rings. The molecule has 190 valence electrons. The largest absolute Gasteiger partial charge is 0.430 e. The molecule has 0 aromatic heterocycles. The molecule has 0 fully saturated rings. The van der Waals surface area contributed by atoms with Crippen molar-refractivity contribution in [2.75, 3.05) is 10.7 Å². The summed E-state index contributed by atoms with van der Waals surface area (Å²) in [4.78, 5) is 15.2. The quantitative estimate of drug-likeness (QED) is 0.374. The van der Waals surface area contributed by atoms with Crippen LogP contribution < -0.4 is 4.90 Å². The molecule has 3 aromatic carbocycles. The monoisotopic (exact) mass is 525 g/mol. The third kappa shape index (κ3) is 4.48. The first-order chi connectivity index (χ1) is 16.9. The first-order valence-corrected chi connectivity index (χ1v) is 11.9. The number of aliphatic hydroxyl groups is 1. The molecule has 1 unspecified atom stereocenters. The van der Waals surface area contributed by atoms with Gasteiger partial charge in [-0.05, 0) is 30.2 Å². The molecule has 0 saturated carbocycles. The highest BCUT2D eigenvalue weighted by Crippen LogP contribution is 2.52. The molecule has 2 atom stereocenters. The zero-order valence-corrected chi connectivity index (χ0v) is 19.7. The number of hydrogen-bond acceptors (Lipinski definition) is 3. The summed E-state index contributed by atoms with van der Waals surface area (Å²) >= 11 is 1.03. The maximum atomic E-state index is 13.8. The fourth-order valence-corrected chi connectivity index (χ4v) is 5.44. The van der Waals surface area contributed by atoms with Crippen molar-refractivity contribution in [2.45, 2.75) is 41.7 Å². The van der Waals surface area contributed by atoms with E-state index in [0.717, 1.165) is 23.4 Å². The molecular formula is C26H21F6NO2S. The van der Waals surface area contributed by atoms with Gasteiger partial charge in [0.15, 0.2) is 0 Å². The van der Waals surface area contributed by atoms with Crippen molar-refractivity contribution in [2.24, 2.45) is 0 Å². The highest BCUT2D eigenvalue weighted by atomic mass is 32.2. The van der Waals surface area contributed by atoms with E-state index in [4.69, 9.17) is 0 Å². The Morgan fingerprint density at radius 2 is 1.47 bits per heavy atom. The Kier molecular flexibility index (Phi) is 6.87. The summed E-state index contributed by atoms with van der Waals surface area (Å²) in [5, 5.41) is 9.86. The third-order valence-electron chi connectivity index (χ3n) is 6.26. The number of nitrogens with zero attached hydrogens (tertiary/aromatic N) is 1. The lowest BCUT2D eigenvalue weighted by molar-refractivity contribution is -0.376. The third-order valence-corrected chi connectivity index (χ3v) is 7.38. The van der Waals surface area contributed by atoms with E-state index in [1.54, 1.807) is 55.5 Å². The minimum atomic E-state index is -6.00. The summed E-state index contributed by atoms with van der Waals surface area (Å²) < 4.78 is 80.8. The molecule has 10 heteroatoms. The molecule has 36 heavy (non-hydrogen) atoms. The average Bonchev–Trinajstić information content (AvgIpc) is 2.86. The van der Waals surface area contributed by atoms with Gasteiger partial charge >= 0.3 is 12.4 Å². The van der Waals surface area contributed by atoms with Crippen LogP contribution in [0.25, 0.3) is 0 Å². The van der Waals surface area contributed by atoms with Gasteiger partial charge < -0.3 is 10.0 Å². The molecule has 3 nitrogen and oxygen atoms in total. The van der Waals surface area contributed by atoms with Gasteiger partial charge in [-0.2, -0.15) is 26.3 Å². The van der Waals surface area contributed by atoms with E-state index in [2.05, 4.69) is 0 Å². The molecule has 4 rings (SSSR count). The highest BCUT2D eigenvalue weighted by Gasteiger charge is 2.71. The SMILES string of the molecule is C[C@@H](C(=O)N1c2ccc(C(O)(C(F)(F)F)C(F)(F)F)cc2SCC1c1ccccc1)c1ccccc1. The van der Waals surface area contributed by atoms with Crippen LogP contribution in [0.2, 0.25) is 0 Å². The van der Waals surface area contributed by atoms with E-state index < -0.39 is 35.5 Å². The van der Waals surface area contributed by atoms with Crippen LogP contribution in [0.5, 0.6) is 0 Å². The number of fused-ring (bicyclic) bond motifs is 1. The lowest BCUT2D eigenvalue weighted by Crippen LogP contribution is -2.54. The number of carbonyl (C=O) groups is 1. The van der Waals surface area contributed by atoms with Crippen molar-refractivity contribution < 1.29 is 36.2 Å². The van der Waals surface area contributed by atoms with Crippen LogP contribution >= 0.6 is 11.8 Å². The van der Waals surface area contributed by atoms with Crippen molar-refractivity contribution in [1.82, 2.24) is 0 Å². The molecule has 1 amide bonds. The second-order valence-electron chi connectivity index (χ2n) is 8.47. The van der Waals surface area contributed by atoms with E-state index in [-0.39, 0.29) is 22.2 Å². The standard InChI is InChI=1S/C26H21F6NO2S/c1-16(17-8-4-2-5-9-17)23(34)33-20-13-12-19(24(35,25(27,28)29)26(30,31)32)14-22(20)36-15-21(33)18-10-6-3-7-11-18/h2-14,16,21,35H,15H2,1H3/t16-,21?/m1/s1. The van der Waals surface area contributed by atoms with Gasteiger partial charge in [-0.1, -0.05) is 66.7 Å². The zero-order valence-electron chi connectivity index (χ0n) is 18.8. The average molecular weight is 526 g/mol. The maximum Gasteiger partial charge on any atom is 0.430 e. The number of rotatable bonds is 4. The molecular weight excluding hydrogens is 504 g/mol. The normalized spacial score (nSPS) is 17.4. The molecule has 0 radical (unpaired) electrons. The Bertz CT molecular complexity index is 1220. The van der Waals surface area contributed by atoms with Gasteiger partial charge in [0.2, 0.25) is 5.91 Å². The molecule has 0 aliphatic carbocycles. The molecule has 0 saturated heterocycles. The van der Waals surface area contributed by atoms with Gasteiger partial charge in [-0.3, -0.25) is 4.79 Å². The second-order valence-corrected chi connectivity index (χ2v) is 9.53. The smallest absolute Gasteiger partial charge is 0.369 e. The van der Waals surface area contributed by atoms with E-state index in [9.17, 15) is 36.2 Å². The van der Waals surface area contributed by atoms with Crippen molar-refractivity contribution in [3.05, 3.63) is 95.6 Å². The summed E-state index contributed by atoms with van der Waals surface area (Å²) in [6, 6.07) is 19.7. The maximum absolute atomic E-state index is 13.8. The zero-order chi connectivity index (χ0) is 26.3. The highest BCUT2D eigenvalue weighted by molar-refractivity contribution is 7.99. The first-order valence-electron chi connectivity index (χ1n) is 10.9. The predicted octanol–water partition coefficient (Wildman–Crippen LogP) is 6.98.